The van der Waals surface area contributed by atoms with Crippen LogP contribution in [0.1, 0.15) is 100 Å². The van der Waals surface area contributed by atoms with Crippen molar-refractivity contribution in [1.29, 1.82) is 0 Å². The van der Waals surface area contributed by atoms with Gasteiger partial charge in [0, 0.05) is 113 Å². The lowest BCUT2D eigenvalue weighted by Crippen LogP contribution is -1.83. The van der Waals surface area contributed by atoms with Crippen LogP contribution in [-0.4, -0.2) is 0 Å². The molecular weight excluding hydrogens is 1830 g/mol. The van der Waals surface area contributed by atoms with Crippen molar-refractivity contribution in [2.24, 2.45) is 0 Å². The minimum atomic E-state index is 0.973. The smallest absolute Gasteiger partial charge is 0.138 e. The zero-order valence-corrected chi connectivity index (χ0v) is 89.2. The van der Waals surface area contributed by atoms with Gasteiger partial charge in [-0.15, -0.1) is 45.3 Å². The SMILES string of the molecule is Cc1ccc(-c2cccc(-c3ccc(C)cc3)c2)cc1.Cc1ccc2c(c1)oc1cc(C)ccc12.Cc1ccc2c(c1)sc1cc(C)ccc12.Cc1ccc2oc3c(C)cccc3c2c1.Cc1ccc2oc3ccc(C)cc3c2c1.Cc1ccc2sc3c(C)cccc3c2c1.Cc1ccc2sc3ccc(C)cc3c2c1.Cc1cccc(-c2cccc(-c3cccc(C)c3)c2)c1.Cc1cccc2c1sc1c(C)cccc12. The molecule has 7 aromatic heterocycles. The topological polar surface area (TPSA) is 39.4 Å². The minimum absolute atomic E-state index is 0.973. The summed E-state index contributed by atoms with van der Waals surface area (Å²) in [6.45, 7) is 38.4. The Labute approximate surface area is 867 Å². The van der Waals surface area contributed by atoms with Gasteiger partial charge in [0.15, 0.2) is 0 Å². The molecule has 0 spiro atoms. The molecule has 0 radical (unpaired) electrons. The molecule has 0 aliphatic rings. The van der Waals surface area contributed by atoms with Crippen LogP contribution in [0, 0.1) is 125 Å². The molecule has 7 heteroatoms. The van der Waals surface area contributed by atoms with E-state index in [9.17, 15) is 0 Å². The number of para-hydroxylation sites is 1. The van der Waals surface area contributed by atoms with Gasteiger partial charge in [0.2, 0.25) is 0 Å². The van der Waals surface area contributed by atoms with E-state index in [1.54, 1.807) is 0 Å². The molecule has 20 aromatic carbocycles. The highest BCUT2D eigenvalue weighted by atomic mass is 32.1. The second-order valence-electron chi connectivity index (χ2n) is 39.1. The highest BCUT2D eigenvalue weighted by Crippen LogP contribution is 2.43. The fourth-order valence-corrected chi connectivity index (χ4v) is 23.9. The van der Waals surface area contributed by atoms with Gasteiger partial charge in [-0.3, -0.25) is 0 Å². The van der Waals surface area contributed by atoms with Crippen LogP contribution in [0.15, 0.2) is 414 Å². The molecule has 714 valence electrons. The summed E-state index contributed by atoms with van der Waals surface area (Å²) in [6.07, 6.45) is 0. The molecule has 0 fully saturated rings. The standard InChI is InChI=1S/2C20H18.3C14H12O.4C14H12S/c1-15-6-3-8-17(12-15)19-10-5-11-20(14-19)18-9-4-7-16(2)13-18;1-15-6-10-17(11-7-15)19-4-3-5-20(14-19)18-12-8-16(2)9-13-18;1-9-3-5-13-11(7-9)12-8-10(2)4-6-14(12)15-13;1-9-3-5-11-12-6-4-10(2)8-14(12)15-13(11)7-9;1-9-6-7-13-12(8-9)11-5-3-4-10(2)14(11)15-13;1-9-3-5-13-11(7-9)12-8-10(2)4-6-14(12)15-13;1-9-3-5-11-12-6-4-10(2)8-14(12)15-13(11)7-9;1-9-5-3-7-11-12-8-4-6-10(2)14(12)15-13(9)11;1-9-6-7-13-12(8-9)11-5-3-4-10(2)14(11)15-13/h2*3-14H,1-2H3;7*3-8H,1-2H3. The molecule has 0 unspecified atom stereocenters. The second kappa shape index (κ2) is 43.5. The van der Waals surface area contributed by atoms with E-state index in [1.165, 1.54) is 258 Å². The molecule has 0 amide bonds. The Hall–Kier alpha value is -15.3. The second-order valence-corrected chi connectivity index (χ2v) is 43.4. The predicted octanol–water partition coefficient (Wildman–Crippen LogP) is 42.6. The van der Waals surface area contributed by atoms with Crippen LogP contribution in [0.2, 0.25) is 0 Å². The van der Waals surface area contributed by atoms with E-state index in [1.807, 2.05) is 63.5 Å². The summed E-state index contributed by atoms with van der Waals surface area (Å²) >= 11 is 7.58. The van der Waals surface area contributed by atoms with Gasteiger partial charge in [0.05, 0.1) is 0 Å². The molecule has 27 rings (SSSR count). The molecule has 3 nitrogen and oxygen atoms in total. The highest BCUT2D eigenvalue weighted by Gasteiger charge is 2.16. The van der Waals surface area contributed by atoms with Crippen molar-refractivity contribution in [2.45, 2.75) is 125 Å². The molecular formula is C138H120O3S4. The summed E-state index contributed by atoms with van der Waals surface area (Å²) < 4.78 is 28.7. The molecule has 0 atom stereocenters. The zero-order chi connectivity index (χ0) is 101. The Kier molecular flexibility index (Phi) is 29.5. The number of thiophene rings is 4. The summed E-state index contributed by atoms with van der Waals surface area (Å²) in [6, 6.07) is 143. The lowest BCUT2D eigenvalue weighted by Gasteiger charge is -2.07. The van der Waals surface area contributed by atoms with Crippen LogP contribution in [0.5, 0.6) is 0 Å². The lowest BCUT2D eigenvalue weighted by molar-refractivity contribution is 0.665. The Balaban J connectivity index is 0.000000103. The number of hydrogen-bond donors (Lipinski definition) is 0. The van der Waals surface area contributed by atoms with Gasteiger partial charge in [-0.05, 0) is 323 Å². The van der Waals surface area contributed by atoms with Crippen molar-refractivity contribution in [3.63, 3.8) is 0 Å². The summed E-state index contributed by atoms with van der Waals surface area (Å²) in [5.74, 6) is 0. The molecule has 27 aromatic rings. The van der Waals surface area contributed by atoms with Crippen molar-refractivity contribution in [3.8, 4) is 44.5 Å². The van der Waals surface area contributed by atoms with Gasteiger partial charge in [-0.2, -0.15) is 0 Å². The third-order valence-electron chi connectivity index (χ3n) is 26.9. The molecule has 145 heavy (non-hydrogen) atoms. The van der Waals surface area contributed by atoms with Crippen LogP contribution in [0.3, 0.4) is 0 Å². The maximum Gasteiger partial charge on any atom is 0.138 e. The van der Waals surface area contributed by atoms with E-state index < -0.39 is 0 Å². The highest BCUT2D eigenvalue weighted by molar-refractivity contribution is 7.27. The lowest BCUT2D eigenvalue weighted by atomic mass is 9.97. The van der Waals surface area contributed by atoms with E-state index in [2.05, 4.69) is 507 Å². The van der Waals surface area contributed by atoms with Crippen molar-refractivity contribution < 1.29 is 13.3 Å². The molecule has 0 aliphatic carbocycles. The first-order valence-electron chi connectivity index (χ1n) is 49.9. The van der Waals surface area contributed by atoms with E-state index >= 15 is 0 Å². The summed E-state index contributed by atoms with van der Waals surface area (Å²) in [7, 11) is 0. The van der Waals surface area contributed by atoms with E-state index in [0.29, 0.717) is 0 Å². The van der Waals surface area contributed by atoms with Crippen molar-refractivity contribution in [3.05, 3.63) is 501 Å². The first-order chi connectivity index (χ1) is 70.2. The van der Waals surface area contributed by atoms with Crippen LogP contribution in [0.25, 0.3) is 191 Å². The Morgan fingerprint density at radius 3 is 0.800 bits per heavy atom. The zero-order valence-electron chi connectivity index (χ0n) is 86.0. The Morgan fingerprint density at radius 1 is 0.131 bits per heavy atom. The summed E-state index contributed by atoms with van der Waals surface area (Å²) in [5, 5.41) is 18.5. The van der Waals surface area contributed by atoms with Gasteiger partial charge in [-0.1, -0.05) is 347 Å². The van der Waals surface area contributed by atoms with E-state index in [4.69, 9.17) is 13.3 Å². The first kappa shape index (κ1) is 98.5. The largest absolute Gasteiger partial charge is 0.456 e. The van der Waals surface area contributed by atoms with Crippen LogP contribution >= 0.6 is 45.3 Å². The minimum Gasteiger partial charge on any atom is -0.456 e. The molecule has 0 N–H and O–H groups in total. The van der Waals surface area contributed by atoms with Gasteiger partial charge < -0.3 is 13.3 Å². The maximum atomic E-state index is 5.84. The number of benzene rings is 20. The van der Waals surface area contributed by atoms with Crippen LogP contribution < -0.4 is 0 Å². The monoisotopic (exact) mass is 1950 g/mol. The van der Waals surface area contributed by atoms with Crippen LogP contribution in [-0.2, 0) is 0 Å². The third-order valence-corrected chi connectivity index (χ3v) is 32.0. The maximum absolute atomic E-state index is 5.84. The normalized spacial score (nSPS) is 11.1. The molecule has 7 heterocycles. The summed E-state index contributed by atoms with van der Waals surface area (Å²) in [5.41, 5.74) is 39.6. The van der Waals surface area contributed by atoms with E-state index in [0.717, 1.165) is 33.5 Å². The molecule has 0 aliphatic heterocycles. The summed E-state index contributed by atoms with van der Waals surface area (Å²) in [4.78, 5) is 0. The van der Waals surface area contributed by atoms with Gasteiger partial charge in [0.1, 0.15) is 33.5 Å². The molecule has 0 saturated heterocycles. The van der Waals surface area contributed by atoms with Gasteiger partial charge >= 0.3 is 0 Å². The molecule has 0 bridgehead atoms. The number of fused-ring (bicyclic) bond motifs is 21. The number of hydrogen-bond acceptors (Lipinski definition) is 7. The van der Waals surface area contributed by atoms with Crippen LogP contribution in [0.4, 0.5) is 0 Å². The number of aryl methyl sites for hydroxylation is 18. The Morgan fingerprint density at radius 2 is 0.393 bits per heavy atom. The third kappa shape index (κ3) is 22.5. The van der Waals surface area contributed by atoms with E-state index in [-0.39, 0.29) is 0 Å². The quantitative estimate of drug-likeness (QED) is 0.176. The van der Waals surface area contributed by atoms with Crippen molar-refractivity contribution >= 4 is 192 Å². The van der Waals surface area contributed by atoms with Gasteiger partial charge in [-0.25, -0.2) is 0 Å². The molecule has 0 saturated carbocycles. The fourth-order valence-electron chi connectivity index (χ4n) is 19.1. The first-order valence-corrected chi connectivity index (χ1v) is 53.2. The number of rotatable bonds is 4. The van der Waals surface area contributed by atoms with Crippen molar-refractivity contribution in [1.82, 2.24) is 0 Å². The number of furan rings is 3. The fraction of sp³-hybridized carbons (Fsp3) is 0.130. The van der Waals surface area contributed by atoms with Gasteiger partial charge in [0.25, 0.3) is 0 Å². The average molecular weight is 1950 g/mol. The predicted molar refractivity (Wildman–Crippen MR) is 638 cm³/mol. The Bertz CT molecular complexity index is 8600. The van der Waals surface area contributed by atoms with Crippen molar-refractivity contribution in [2.75, 3.05) is 0 Å². The average Bonchev–Trinajstić information content (AvgIpc) is 1.63.